The van der Waals surface area contributed by atoms with Gasteiger partial charge in [-0.15, -0.1) is 0 Å². The number of nitrogens with two attached hydrogens (primary N) is 1. The van der Waals surface area contributed by atoms with Gasteiger partial charge in [-0.2, -0.15) is 0 Å². The number of nitrogens with one attached hydrogen (secondary N) is 1. The zero-order valence-electron chi connectivity index (χ0n) is 12.6. The average molecular weight is 311 g/mol. The third-order valence-corrected chi connectivity index (χ3v) is 5.06. The monoisotopic (exact) mass is 311 g/mol. The minimum absolute atomic E-state index is 0.172. The molecule has 1 saturated heterocycles. The summed E-state index contributed by atoms with van der Waals surface area (Å²) in [6.07, 6.45) is 3.31. The van der Waals surface area contributed by atoms with E-state index in [1.807, 2.05) is 12.1 Å². The summed E-state index contributed by atoms with van der Waals surface area (Å²) in [6.45, 7) is 6.63. The minimum Gasteiger partial charge on any atom is -0.314 e. The van der Waals surface area contributed by atoms with Crippen LogP contribution in [0.1, 0.15) is 25.3 Å². The van der Waals surface area contributed by atoms with Gasteiger partial charge in [0, 0.05) is 6.04 Å². The maximum absolute atomic E-state index is 11.2. The normalized spacial score (nSPS) is 18.0. The summed E-state index contributed by atoms with van der Waals surface area (Å²) in [4.78, 5) is 2.65. The van der Waals surface area contributed by atoms with E-state index in [2.05, 4.69) is 17.1 Å². The van der Waals surface area contributed by atoms with Crippen molar-refractivity contribution in [2.24, 2.45) is 5.14 Å². The van der Waals surface area contributed by atoms with Crippen LogP contribution >= 0.6 is 0 Å². The van der Waals surface area contributed by atoms with Gasteiger partial charge in [0.05, 0.1) is 4.90 Å². The first kappa shape index (κ1) is 16.4. The molecule has 6 heteroatoms. The van der Waals surface area contributed by atoms with E-state index in [0.29, 0.717) is 6.04 Å². The first-order chi connectivity index (χ1) is 9.99. The fourth-order valence-corrected chi connectivity index (χ4v) is 3.24. The number of hydrogen-bond acceptors (Lipinski definition) is 4. The van der Waals surface area contributed by atoms with E-state index in [0.717, 1.165) is 25.1 Å². The highest BCUT2D eigenvalue weighted by atomic mass is 32.2. The zero-order valence-corrected chi connectivity index (χ0v) is 13.4. The minimum atomic E-state index is -3.59. The topological polar surface area (TPSA) is 75.4 Å². The van der Waals surface area contributed by atoms with Crippen molar-refractivity contribution in [2.45, 2.75) is 37.1 Å². The lowest BCUT2D eigenvalue weighted by molar-refractivity contribution is 0.207. The Morgan fingerprint density at radius 1 is 1.24 bits per heavy atom. The number of benzene rings is 1. The van der Waals surface area contributed by atoms with E-state index in [1.54, 1.807) is 12.1 Å². The van der Waals surface area contributed by atoms with Crippen molar-refractivity contribution >= 4 is 10.0 Å². The summed E-state index contributed by atoms with van der Waals surface area (Å²) in [5.74, 6) is 0. The van der Waals surface area contributed by atoms with Gasteiger partial charge in [0.2, 0.25) is 10.0 Å². The van der Waals surface area contributed by atoms with E-state index < -0.39 is 10.0 Å². The molecule has 1 fully saturated rings. The van der Waals surface area contributed by atoms with Crippen LogP contribution in [0.25, 0.3) is 0 Å². The molecule has 0 aliphatic carbocycles. The van der Waals surface area contributed by atoms with Crippen LogP contribution in [0.4, 0.5) is 0 Å². The fraction of sp³-hybridized carbons (Fsp3) is 0.600. The van der Waals surface area contributed by atoms with Gasteiger partial charge in [-0.3, -0.25) is 0 Å². The Balaban J connectivity index is 1.74. The largest absolute Gasteiger partial charge is 0.314 e. The van der Waals surface area contributed by atoms with Crippen molar-refractivity contribution in [2.75, 3.05) is 26.2 Å². The van der Waals surface area contributed by atoms with E-state index in [4.69, 9.17) is 5.14 Å². The summed E-state index contributed by atoms with van der Waals surface area (Å²) in [5, 5.41) is 8.67. The molecule has 2 rings (SSSR count). The molecule has 1 aliphatic rings. The van der Waals surface area contributed by atoms with Crippen LogP contribution in [0.2, 0.25) is 0 Å². The van der Waals surface area contributed by atoms with Crippen LogP contribution in [0.15, 0.2) is 29.2 Å². The third kappa shape index (κ3) is 5.07. The van der Waals surface area contributed by atoms with Crippen molar-refractivity contribution in [3.63, 3.8) is 0 Å². The van der Waals surface area contributed by atoms with Crippen LogP contribution in [-0.4, -0.2) is 45.5 Å². The Morgan fingerprint density at radius 2 is 1.86 bits per heavy atom. The number of primary sulfonamides is 1. The Morgan fingerprint density at radius 3 is 2.38 bits per heavy atom. The van der Waals surface area contributed by atoms with Gasteiger partial charge in [0.1, 0.15) is 0 Å². The molecule has 118 valence electrons. The molecule has 21 heavy (non-hydrogen) atoms. The predicted molar refractivity (Wildman–Crippen MR) is 84.7 cm³/mol. The molecule has 1 aliphatic heterocycles. The van der Waals surface area contributed by atoms with Crippen LogP contribution < -0.4 is 10.5 Å². The van der Waals surface area contributed by atoms with Crippen molar-refractivity contribution < 1.29 is 8.42 Å². The zero-order chi connectivity index (χ0) is 15.3. The second-order valence-electron chi connectivity index (χ2n) is 5.60. The second kappa shape index (κ2) is 7.35. The molecule has 3 N–H and O–H groups in total. The number of sulfonamides is 1. The van der Waals surface area contributed by atoms with Crippen LogP contribution in [0.5, 0.6) is 0 Å². The molecule has 1 heterocycles. The highest BCUT2D eigenvalue weighted by Gasteiger charge is 2.16. The van der Waals surface area contributed by atoms with Gasteiger partial charge in [0.15, 0.2) is 0 Å². The average Bonchev–Trinajstić information content (AvgIpc) is 2.47. The Kier molecular flexibility index (Phi) is 5.75. The maximum Gasteiger partial charge on any atom is 0.238 e. The number of nitrogens with zero attached hydrogens (tertiary/aromatic N) is 1. The Hall–Kier alpha value is -0.950. The number of piperidine rings is 1. The van der Waals surface area contributed by atoms with Crippen LogP contribution in [0.3, 0.4) is 0 Å². The first-order valence-electron chi connectivity index (χ1n) is 7.56. The first-order valence-corrected chi connectivity index (χ1v) is 9.11. The number of likely N-dealkylation sites (tertiary alicyclic amines) is 1. The van der Waals surface area contributed by atoms with Gasteiger partial charge in [0.25, 0.3) is 0 Å². The quantitative estimate of drug-likeness (QED) is 0.820. The Labute approximate surface area is 127 Å². The van der Waals surface area contributed by atoms with E-state index in [9.17, 15) is 8.42 Å². The molecule has 1 aromatic rings. The smallest absolute Gasteiger partial charge is 0.238 e. The van der Waals surface area contributed by atoms with Crippen LogP contribution in [-0.2, 0) is 16.4 Å². The highest BCUT2D eigenvalue weighted by molar-refractivity contribution is 7.89. The second-order valence-corrected chi connectivity index (χ2v) is 7.16. The molecule has 0 atom stereocenters. The van der Waals surface area contributed by atoms with Gasteiger partial charge in [-0.25, -0.2) is 13.6 Å². The lowest BCUT2D eigenvalue weighted by atomic mass is 10.0. The fourth-order valence-electron chi connectivity index (χ4n) is 2.72. The molecule has 0 amide bonds. The Bertz CT molecular complexity index is 535. The number of rotatable bonds is 6. The molecule has 0 unspecified atom stereocenters. The van der Waals surface area contributed by atoms with E-state index in [1.165, 1.54) is 25.9 Å². The highest BCUT2D eigenvalue weighted by Crippen LogP contribution is 2.11. The van der Waals surface area contributed by atoms with Crippen molar-refractivity contribution in [3.8, 4) is 0 Å². The summed E-state index contributed by atoms with van der Waals surface area (Å²) >= 11 is 0. The summed E-state index contributed by atoms with van der Waals surface area (Å²) < 4.78 is 22.4. The summed E-state index contributed by atoms with van der Waals surface area (Å²) in [6, 6.07) is 7.42. The lowest BCUT2D eigenvalue weighted by Crippen LogP contribution is -2.42. The standard InChI is InChI=1S/C15H25N3O2S/c1-2-18-11-8-14(9-12-18)17-10-7-13-3-5-15(6-4-13)21(16,19)20/h3-6,14,17H,2,7-12H2,1H3,(H2,16,19,20). The molecule has 0 spiro atoms. The van der Waals surface area contributed by atoms with Gasteiger partial charge in [-0.05, 0) is 63.1 Å². The molecule has 0 aromatic heterocycles. The van der Waals surface area contributed by atoms with Crippen molar-refractivity contribution in [1.29, 1.82) is 0 Å². The molecule has 0 saturated carbocycles. The third-order valence-electron chi connectivity index (χ3n) is 4.13. The van der Waals surface area contributed by atoms with Gasteiger partial charge in [-0.1, -0.05) is 19.1 Å². The summed E-state index contributed by atoms with van der Waals surface area (Å²) in [7, 11) is -3.59. The van der Waals surface area contributed by atoms with E-state index >= 15 is 0 Å². The summed E-state index contributed by atoms with van der Waals surface area (Å²) in [5.41, 5.74) is 1.13. The molecule has 0 radical (unpaired) electrons. The lowest BCUT2D eigenvalue weighted by Gasteiger charge is -2.31. The molecular formula is C15H25N3O2S. The molecule has 0 bridgehead atoms. The van der Waals surface area contributed by atoms with E-state index in [-0.39, 0.29) is 4.90 Å². The number of hydrogen-bond donors (Lipinski definition) is 2. The molecule has 1 aromatic carbocycles. The molecule has 5 nitrogen and oxygen atoms in total. The van der Waals surface area contributed by atoms with Gasteiger partial charge < -0.3 is 10.2 Å². The van der Waals surface area contributed by atoms with Crippen LogP contribution in [0, 0.1) is 0 Å². The SMILES string of the molecule is CCN1CCC(NCCc2ccc(S(N)(=O)=O)cc2)CC1. The van der Waals surface area contributed by atoms with Crippen molar-refractivity contribution in [3.05, 3.63) is 29.8 Å². The predicted octanol–water partition coefficient (Wildman–Crippen LogP) is 0.950. The van der Waals surface area contributed by atoms with Gasteiger partial charge >= 0.3 is 0 Å². The molecular weight excluding hydrogens is 286 g/mol. The van der Waals surface area contributed by atoms with Crippen molar-refractivity contribution in [1.82, 2.24) is 10.2 Å². The maximum atomic E-state index is 11.2.